The molecule has 0 amide bonds. The second kappa shape index (κ2) is 8.81. The van der Waals surface area contributed by atoms with Crippen molar-refractivity contribution in [1.82, 2.24) is 5.32 Å². The summed E-state index contributed by atoms with van der Waals surface area (Å²) >= 11 is 0. The van der Waals surface area contributed by atoms with E-state index in [1.165, 1.54) is 18.4 Å². The zero-order chi connectivity index (χ0) is 13.2. The van der Waals surface area contributed by atoms with E-state index >= 15 is 0 Å². The van der Waals surface area contributed by atoms with Gasteiger partial charge in [0.05, 0.1) is 13.7 Å². The molecule has 0 bridgehead atoms. The molecule has 0 spiro atoms. The molecule has 0 aliphatic carbocycles. The predicted molar refractivity (Wildman–Crippen MR) is 75.6 cm³/mol. The van der Waals surface area contributed by atoms with E-state index in [1.54, 1.807) is 7.11 Å². The highest BCUT2D eigenvalue weighted by Gasteiger charge is 2.04. The van der Waals surface area contributed by atoms with E-state index in [0.29, 0.717) is 0 Å². The van der Waals surface area contributed by atoms with E-state index in [-0.39, 0.29) is 0 Å². The van der Waals surface area contributed by atoms with Crippen LogP contribution in [0.1, 0.15) is 31.7 Å². The quantitative estimate of drug-likeness (QED) is 0.684. The van der Waals surface area contributed by atoms with Gasteiger partial charge in [-0.05, 0) is 57.0 Å². The zero-order valence-electron chi connectivity index (χ0n) is 11.8. The average molecular weight is 251 g/mol. The Morgan fingerprint density at radius 2 is 1.94 bits per heavy atom. The van der Waals surface area contributed by atoms with E-state index in [9.17, 15) is 0 Å². The van der Waals surface area contributed by atoms with Crippen LogP contribution in [0.15, 0.2) is 18.2 Å². The molecule has 0 fully saturated rings. The van der Waals surface area contributed by atoms with Crippen LogP contribution in [0.4, 0.5) is 0 Å². The molecule has 3 heteroatoms. The molecular formula is C15H25NO2. The summed E-state index contributed by atoms with van der Waals surface area (Å²) < 4.78 is 11.1. The molecule has 0 aliphatic rings. The summed E-state index contributed by atoms with van der Waals surface area (Å²) in [4.78, 5) is 0. The highest BCUT2D eigenvalue weighted by molar-refractivity contribution is 5.42. The lowest BCUT2D eigenvalue weighted by Gasteiger charge is -2.11. The summed E-state index contributed by atoms with van der Waals surface area (Å²) in [5.74, 6) is 1.69. The minimum Gasteiger partial charge on any atom is -0.493 e. The first kappa shape index (κ1) is 14.8. The third-order valence-electron chi connectivity index (χ3n) is 2.96. The van der Waals surface area contributed by atoms with Gasteiger partial charge in [-0.1, -0.05) is 13.0 Å². The van der Waals surface area contributed by atoms with Crippen LogP contribution >= 0.6 is 0 Å². The lowest BCUT2D eigenvalue weighted by molar-refractivity contribution is 0.285. The van der Waals surface area contributed by atoms with Crippen LogP contribution in [0.25, 0.3) is 0 Å². The molecule has 0 radical (unpaired) electrons. The Bertz CT molecular complexity index is 339. The number of ether oxygens (including phenoxy) is 2. The summed E-state index contributed by atoms with van der Waals surface area (Å²) in [6.07, 6.45) is 4.49. The lowest BCUT2D eigenvalue weighted by atomic mass is 10.1. The molecule has 0 aliphatic heterocycles. The van der Waals surface area contributed by atoms with Gasteiger partial charge in [-0.3, -0.25) is 0 Å². The fraction of sp³-hybridized carbons (Fsp3) is 0.600. The molecule has 0 saturated carbocycles. The first-order chi connectivity index (χ1) is 8.81. The Balaban J connectivity index is 2.37. The van der Waals surface area contributed by atoms with Crippen molar-refractivity contribution in [3.05, 3.63) is 23.8 Å². The molecule has 0 atom stereocenters. The zero-order valence-corrected chi connectivity index (χ0v) is 11.8. The molecule has 1 aromatic rings. The topological polar surface area (TPSA) is 30.5 Å². The van der Waals surface area contributed by atoms with Gasteiger partial charge in [0.1, 0.15) is 0 Å². The van der Waals surface area contributed by atoms with E-state index in [2.05, 4.69) is 24.4 Å². The van der Waals surface area contributed by atoms with Crippen molar-refractivity contribution in [3.8, 4) is 11.5 Å². The Kier molecular flexibility index (Phi) is 7.26. The van der Waals surface area contributed by atoms with E-state index in [1.807, 2.05) is 13.1 Å². The molecule has 1 aromatic carbocycles. The maximum atomic E-state index is 5.76. The molecule has 18 heavy (non-hydrogen) atoms. The van der Waals surface area contributed by atoms with Crippen LogP contribution in [-0.2, 0) is 6.42 Å². The molecule has 1 rings (SSSR count). The van der Waals surface area contributed by atoms with Crippen LogP contribution in [0.3, 0.4) is 0 Å². The second-order valence-corrected chi connectivity index (χ2v) is 4.35. The largest absolute Gasteiger partial charge is 0.493 e. The van der Waals surface area contributed by atoms with Crippen LogP contribution in [0.2, 0.25) is 0 Å². The number of aryl methyl sites for hydroxylation is 1. The summed E-state index contributed by atoms with van der Waals surface area (Å²) in [6.45, 7) is 3.97. The normalized spacial score (nSPS) is 10.4. The smallest absolute Gasteiger partial charge is 0.161 e. The third-order valence-corrected chi connectivity index (χ3v) is 2.96. The first-order valence-electron chi connectivity index (χ1n) is 6.76. The van der Waals surface area contributed by atoms with Gasteiger partial charge >= 0.3 is 0 Å². The van der Waals surface area contributed by atoms with E-state index in [0.717, 1.165) is 37.5 Å². The van der Waals surface area contributed by atoms with Gasteiger partial charge in [-0.25, -0.2) is 0 Å². The van der Waals surface area contributed by atoms with Crippen molar-refractivity contribution in [2.24, 2.45) is 0 Å². The Morgan fingerprint density at radius 1 is 1.11 bits per heavy atom. The average Bonchev–Trinajstić information content (AvgIpc) is 2.42. The van der Waals surface area contributed by atoms with Gasteiger partial charge in [-0.2, -0.15) is 0 Å². The fourth-order valence-corrected chi connectivity index (χ4v) is 1.81. The number of unbranched alkanes of at least 4 members (excludes halogenated alkanes) is 2. The Labute approximate surface area is 110 Å². The minimum atomic E-state index is 0.756. The van der Waals surface area contributed by atoms with Crippen molar-refractivity contribution >= 4 is 0 Å². The molecule has 0 saturated heterocycles. The van der Waals surface area contributed by atoms with Crippen molar-refractivity contribution < 1.29 is 9.47 Å². The van der Waals surface area contributed by atoms with Crippen molar-refractivity contribution in [2.75, 3.05) is 27.3 Å². The number of nitrogens with one attached hydrogen (secondary N) is 1. The van der Waals surface area contributed by atoms with Gasteiger partial charge < -0.3 is 14.8 Å². The van der Waals surface area contributed by atoms with E-state index < -0.39 is 0 Å². The maximum absolute atomic E-state index is 5.76. The number of benzene rings is 1. The Morgan fingerprint density at radius 3 is 2.61 bits per heavy atom. The SMILES string of the molecule is CCc1ccc(OCCCCCNC)c(OC)c1. The van der Waals surface area contributed by atoms with Gasteiger partial charge in [0.2, 0.25) is 0 Å². The first-order valence-corrected chi connectivity index (χ1v) is 6.76. The highest BCUT2D eigenvalue weighted by Crippen LogP contribution is 2.28. The highest BCUT2D eigenvalue weighted by atomic mass is 16.5. The molecule has 0 unspecified atom stereocenters. The number of hydrogen-bond acceptors (Lipinski definition) is 3. The number of hydrogen-bond donors (Lipinski definition) is 1. The predicted octanol–water partition coefficient (Wildman–Crippen LogP) is 3.03. The van der Waals surface area contributed by atoms with Crippen molar-refractivity contribution in [2.45, 2.75) is 32.6 Å². The molecule has 0 aromatic heterocycles. The lowest BCUT2D eigenvalue weighted by Crippen LogP contribution is -2.08. The van der Waals surface area contributed by atoms with Gasteiger partial charge in [0, 0.05) is 0 Å². The van der Waals surface area contributed by atoms with Crippen LogP contribution in [0, 0.1) is 0 Å². The second-order valence-electron chi connectivity index (χ2n) is 4.35. The summed E-state index contributed by atoms with van der Waals surface area (Å²) in [7, 11) is 3.67. The van der Waals surface area contributed by atoms with Crippen molar-refractivity contribution in [3.63, 3.8) is 0 Å². The van der Waals surface area contributed by atoms with Crippen LogP contribution < -0.4 is 14.8 Å². The summed E-state index contributed by atoms with van der Waals surface area (Å²) in [5, 5.41) is 3.15. The summed E-state index contributed by atoms with van der Waals surface area (Å²) in [5.41, 5.74) is 1.27. The van der Waals surface area contributed by atoms with Crippen molar-refractivity contribution in [1.29, 1.82) is 0 Å². The molecular weight excluding hydrogens is 226 g/mol. The Hall–Kier alpha value is -1.22. The van der Waals surface area contributed by atoms with Gasteiger partial charge in [0.15, 0.2) is 11.5 Å². The van der Waals surface area contributed by atoms with Gasteiger partial charge in [0.25, 0.3) is 0 Å². The molecule has 0 heterocycles. The van der Waals surface area contributed by atoms with E-state index in [4.69, 9.17) is 9.47 Å². The number of methoxy groups -OCH3 is 1. The number of rotatable bonds is 9. The fourth-order valence-electron chi connectivity index (χ4n) is 1.81. The van der Waals surface area contributed by atoms with Crippen LogP contribution in [0.5, 0.6) is 11.5 Å². The van der Waals surface area contributed by atoms with Crippen LogP contribution in [-0.4, -0.2) is 27.3 Å². The third kappa shape index (κ3) is 4.96. The molecule has 1 N–H and O–H groups in total. The standard InChI is InChI=1S/C15H25NO2/c1-4-13-8-9-14(15(12-13)17-3)18-11-7-5-6-10-16-2/h8-9,12,16H,4-7,10-11H2,1-3H3. The minimum absolute atomic E-state index is 0.756. The maximum Gasteiger partial charge on any atom is 0.161 e. The molecule has 102 valence electrons. The van der Waals surface area contributed by atoms with Gasteiger partial charge in [-0.15, -0.1) is 0 Å². The summed E-state index contributed by atoms with van der Waals surface area (Å²) in [6, 6.07) is 6.15. The molecule has 3 nitrogen and oxygen atoms in total. The monoisotopic (exact) mass is 251 g/mol.